The highest BCUT2D eigenvalue weighted by atomic mass is 35.5. The summed E-state index contributed by atoms with van der Waals surface area (Å²) in [4.78, 5) is 24.6. The number of anilines is 1. The molecule has 0 saturated heterocycles. The lowest BCUT2D eigenvalue weighted by atomic mass is 9.94. The Morgan fingerprint density at radius 3 is 2.48 bits per heavy atom. The van der Waals surface area contributed by atoms with Crippen molar-refractivity contribution in [3.8, 4) is 16.9 Å². The summed E-state index contributed by atoms with van der Waals surface area (Å²) < 4.78 is 5.37. The SMILES string of the molecule is COc1ccccc1-c1cccc(C(=O)c2c(N)cc(Cl)cc2C(=O)O)c1. The number of carboxylic acid groups (broad SMARTS) is 1. The topological polar surface area (TPSA) is 89.6 Å². The first-order chi connectivity index (χ1) is 12.9. The lowest BCUT2D eigenvalue weighted by Crippen LogP contribution is -2.13. The van der Waals surface area contributed by atoms with Gasteiger partial charge in [0.05, 0.1) is 18.2 Å². The second-order valence-electron chi connectivity index (χ2n) is 5.83. The van der Waals surface area contributed by atoms with Crippen LogP contribution in [-0.4, -0.2) is 24.0 Å². The highest BCUT2D eigenvalue weighted by Crippen LogP contribution is 2.31. The number of halogens is 1. The molecule has 3 aromatic rings. The molecule has 0 saturated carbocycles. The molecule has 0 atom stereocenters. The number of aromatic carboxylic acids is 1. The van der Waals surface area contributed by atoms with Crippen LogP contribution in [0.25, 0.3) is 11.1 Å². The number of methoxy groups -OCH3 is 1. The smallest absolute Gasteiger partial charge is 0.336 e. The first-order valence-electron chi connectivity index (χ1n) is 8.03. The highest BCUT2D eigenvalue weighted by Gasteiger charge is 2.22. The predicted molar refractivity (Wildman–Crippen MR) is 105 cm³/mol. The van der Waals surface area contributed by atoms with E-state index in [9.17, 15) is 14.7 Å². The predicted octanol–water partition coefficient (Wildman–Crippen LogP) is 4.53. The standard InChI is InChI=1S/C21H16ClNO4/c1-27-18-8-3-2-7-15(18)12-5-4-6-13(9-12)20(24)19-16(21(25)26)10-14(22)11-17(19)23/h2-11H,23H2,1H3,(H,25,26). The fraction of sp³-hybridized carbons (Fsp3) is 0.0476. The Hall–Kier alpha value is -3.31. The van der Waals surface area contributed by atoms with Crippen molar-refractivity contribution in [3.05, 3.63) is 82.4 Å². The zero-order valence-corrected chi connectivity index (χ0v) is 15.2. The number of benzene rings is 3. The normalized spacial score (nSPS) is 10.4. The molecule has 0 aliphatic heterocycles. The van der Waals surface area contributed by atoms with Crippen LogP contribution in [0.3, 0.4) is 0 Å². The summed E-state index contributed by atoms with van der Waals surface area (Å²) in [6.45, 7) is 0. The second kappa shape index (κ2) is 7.51. The maximum atomic E-state index is 13.0. The van der Waals surface area contributed by atoms with E-state index in [4.69, 9.17) is 22.1 Å². The molecule has 0 bridgehead atoms. The van der Waals surface area contributed by atoms with Gasteiger partial charge in [-0.1, -0.05) is 48.0 Å². The molecule has 0 fully saturated rings. The molecule has 3 aromatic carbocycles. The van der Waals surface area contributed by atoms with Crippen molar-refractivity contribution in [2.45, 2.75) is 0 Å². The Labute approximate surface area is 161 Å². The van der Waals surface area contributed by atoms with Crippen LogP contribution in [0, 0.1) is 0 Å². The van der Waals surface area contributed by atoms with Gasteiger partial charge in [0.25, 0.3) is 0 Å². The third-order valence-electron chi connectivity index (χ3n) is 4.13. The molecule has 0 amide bonds. The molecule has 3 rings (SSSR count). The molecule has 0 aliphatic carbocycles. The van der Waals surface area contributed by atoms with Gasteiger partial charge in [-0.2, -0.15) is 0 Å². The number of rotatable bonds is 5. The zero-order valence-electron chi connectivity index (χ0n) is 14.4. The quantitative estimate of drug-likeness (QED) is 0.500. The molecule has 0 heterocycles. The van der Waals surface area contributed by atoms with Crippen molar-refractivity contribution >= 4 is 29.0 Å². The number of ether oxygens (including phenoxy) is 1. The van der Waals surface area contributed by atoms with Crippen molar-refractivity contribution in [2.24, 2.45) is 0 Å². The summed E-state index contributed by atoms with van der Waals surface area (Å²) in [5.41, 5.74) is 7.51. The van der Waals surface area contributed by atoms with Gasteiger partial charge in [-0.3, -0.25) is 4.79 Å². The van der Waals surface area contributed by atoms with E-state index in [0.717, 1.165) is 11.1 Å². The molecule has 5 nitrogen and oxygen atoms in total. The van der Waals surface area contributed by atoms with E-state index in [2.05, 4.69) is 0 Å². The first kappa shape index (κ1) is 18.5. The third-order valence-corrected chi connectivity index (χ3v) is 4.35. The summed E-state index contributed by atoms with van der Waals surface area (Å²) >= 11 is 5.89. The summed E-state index contributed by atoms with van der Waals surface area (Å²) in [6.07, 6.45) is 0. The van der Waals surface area contributed by atoms with E-state index < -0.39 is 11.8 Å². The van der Waals surface area contributed by atoms with Crippen molar-refractivity contribution in [1.29, 1.82) is 0 Å². The summed E-state index contributed by atoms with van der Waals surface area (Å²) in [5.74, 6) is -1.09. The molecule has 0 unspecified atom stereocenters. The van der Waals surface area contributed by atoms with E-state index in [1.807, 2.05) is 30.3 Å². The number of carbonyl (C=O) groups is 2. The highest BCUT2D eigenvalue weighted by molar-refractivity contribution is 6.32. The van der Waals surface area contributed by atoms with E-state index in [1.54, 1.807) is 25.3 Å². The largest absolute Gasteiger partial charge is 0.496 e. The molecule has 0 radical (unpaired) electrons. The first-order valence-corrected chi connectivity index (χ1v) is 8.40. The number of carbonyl (C=O) groups excluding carboxylic acids is 1. The number of ketones is 1. The van der Waals surface area contributed by atoms with E-state index in [0.29, 0.717) is 11.3 Å². The van der Waals surface area contributed by atoms with Gasteiger partial charge < -0.3 is 15.6 Å². The third kappa shape index (κ3) is 3.64. The number of hydrogen-bond donors (Lipinski definition) is 2. The molecular weight excluding hydrogens is 366 g/mol. The lowest BCUT2D eigenvalue weighted by molar-refractivity contribution is 0.0693. The minimum Gasteiger partial charge on any atom is -0.496 e. The Balaban J connectivity index is 2.12. The fourth-order valence-electron chi connectivity index (χ4n) is 2.91. The molecule has 0 spiro atoms. The van der Waals surface area contributed by atoms with Crippen LogP contribution in [0.4, 0.5) is 5.69 Å². The molecular formula is C21H16ClNO4. The molecule has 136 valence electrons. The zero-order chi connectivity index (χ0) is 19.6. The van der Waals surface area contributed by atoms with Gasteiger partial charge in [-0.25, -0.2) is 4.79 Å². The van der Waals surface area contributed by atoms with Gasteiger partial charge in [-0.05, 0) is 29.8 Å². The number of hydrogen-bond acceptors (Lipinski definition) is 4. The van der Waals surface area contributed by atoms with Gasteiger partial charge >= 0.3 is 5.97 Å². The Kier molecular flexibility index (Phi) is 5.14. The van der Waals surface area contributed by atoms with Gasteiger partial charge in [0.1, 0.15) is 5.75 Å². The Morgan fingerprint density at radius 2 is 1.78 bits per heavy atom. The summed E-state index contributed by atoms with van der Waals surface area (Å²) in [6, 6.07) is 16.9. The van der Waals surface area contributed by atoms with Crippen LogP contribution >= 0.6 is 11.6 Å². The van der Waals surface area contributed by atoms with Crippen molar-refractivity contribution in [3.63, 3.8) is 0 Å². The average Bonchev–Trinajstić information content (AvgIpc) is 2.67. The van der Waals surface area contributed by atoms with Crippen LogP contribution in [0.1, 0.15) is 26.3 Å². The van der Waals surface area contributed by atoms with Crippen LogP contribution in [-0.2, 0) is 0 Å². The van der Waals surface area contributed by atoms with Crippen LogP contribution in [0.15, 0.2) is 60.7 Å². The fourth-order valence-corrected chi connectivity index (χ4v) is 3.13. The number of nitrogen functional groups attached to an aromatic ring is 1. The maximum absolute atomic E-state index is 13.0. The molecule has 27 heavy (non-hydrogen) atoms. The Morgan fingerprint density at radius 1 is 1.04 bits per heavy atom. The number of carboxylic acids is 1. The van der Waals surface area contributed by atoms with Gasteiger partial charge in [0.15, 0.2) is 5.78 Å². The maximum Gasteiger partial charge on any atom is 0.336 e. The van der Waals surface area contributed by atoms with Crippen LogP contribution in [0.2, 0.25) is 5.02 Å². The summed E-state index contributed by atoms with van der Waals surface area (Å²) in [5, 5.41) is 9.58. The van der Waals surface area contributed by atoms with Crippen molar-refractivity contribution in [1.82, 2.24) is 0 Å². The lowest BCUT2D eigenvalue weighted by Gasteiger charge is -2.12. The van der Waals surface area contributed by atoms with Gasteiger partial charge in [0.2, 0.25) is 0 Å². The number of para-hydroxylation sites is 1. The Bertz CT molecular complexity index is 1050. The molecule has 0 aromatic heterocycles. The molecule has 6 heteroatoms. The van der Waals surface area contributed by atoms with Crippen LogP contribution in [0.5, 0.6) is 5.75 Å². The van der Waals surface area contributed by atoms with Crippen molar-refractivity contribution in [2.75, 3.05) is 12.8 Å². The molecule has 3 N–H and O–H groups in total. The average molecular weight is 382 g/mol. The molecule has 0 aliphatic rings. The monoisotopic (exact) mass is 381 g/mol. The summed E-state index contributed by atoms with van der Waals surface area (Å²) in [7, 11) is 1.57. The van der Waals surface area contributed by atoms with E-state index in [-0.39, 0.29) is 21.8 Å². The minimum atomic E-state index is -1.27. The van der Waals surface area contributed by atoms with E-state index in [1.165, 1.54) is 12.1 Å². The second-order valence-corrected chi connectivity index (χ2v) is 6.27. The van der Waals surface area contributed by atoms with Crippen LogP contribution < -0.4 is 10.5 Å². The van der Waals surface area contributed by atoms with E-state index >= 15 is 0 Å². The van der Waals surface area contributed by atoms with Gasteiger partial charge in [-0.15, -0.1) is 0 Å². The van der Waals surface area contributed by atoms with Crippen molar-refractivity contribution < 1.29 is 19.4 Å². The minimum absolute atomic E-state index is 0.0209. The van der Waals surface area contributed by atoms with Gasteiger partial charge in [0, 0.05) is 21.8 Å². The number of nitrogens with two attached hydrogens (primary N) is 1.